The van der Waals surface area contributed by atoms with Gasteiger partial charge in [0.15, 0.2) is 0 Å². The van der Waals surface area contributed by atoms with E-state index in [4.69, 9.17) is 4.74 Å². The van der Waals surface area contributed by atoms with Crippen molar-refractivity contribution in [1.29, 1.82) is 0 Å². The van der Waals surface area contributed by atoms with Gasteiger partial charge in [-0.3, -0.25) is 4.79 Å². The maximum atomic E-state index is 11.7. The van der Waals surface area contributed by atoms with Crippen LogP contribution in [0, 0.1) is 0 Å². The molecule has 0 unspecified atom stereocenters. The van der Waals surface area contributed by atoms with E-state index in [1.807, 2.05) is 31.3 Å². The van der Waals surface area contributed by atoms with E-state index in [-0.39, 0.29) is 5.91 Å². The number of hydrogen-bond acceptors (Lipinski definition) is 3. The van der Waals surface area contributed by atoms with Gasteiger partial charge in [0.05, 0.1) is 6.61 Å². The number of amides is 1. The fraction of sp³-hybridized carbons (Fsp3) is 0.462. The normalized spacial score (nSPS) is 10.2. The summed E-state index contributed by atoms with van der Waals surface area (Å²) in [6.07, 6.45) is 0.935. The van der Waals surface area contributed by atoms with Crippen molar-refractivity contribution >= 4 is 5.91 Å². The van der Waals surface area contributed by atoms with Gasteiger partial charge in [-0.2, -0.15) is 0 Å². The van der Waals surface area contributed by atoms with Crippen molar-refractivity contribution in [3.05, 3.63) is 35.4 Å². The Balaban J connectivity index is 2.40. The lowest BCUT2D eigenvalue weighted by atomic mass is 10.1. The third-order valence-electron chi connectivity index (χ3n) is 2.42. The summed E-state index contributed by atoms with van der Waals surface area (Å²) in [5, 5.41) is 5.91. The first-order valence-electron chi connectivity index (χ1n) is 5.78. The highest BCUT2D eigenvalue weighted by Crippen LogP contribution is 2.05. The lowest BCUT2D eigenvalue weighted by Gasteiger charge is -2.06. The minimum Gasteiger partial charge on any atom is -0.380 e. The number of methoxy groups -OCH3 is 1. The molecule has 0 bridgehead atoms. The molecule has 94 valence electrons. The van der Waals surface area contributed by atoms with E-state index in [9.17, 15) is 4.79 Å². The van der Waals surface area contributed by atoms with Crippen molar-refractivity contribution in [2.75, 3.05) is 27.2 Å². The monoisotopic (exact) mass is 236 g/mol. The smallest absolute Gasteiger partial charge is 0.251 e. The number of hydrogen-bond donors (Lipinski definition) is 2. The van der Waals surface area contributed by atoms with E-state index in [0.29, 0.717) is 18.7 Å². The molecule has 0 aliphatic rings. The first kappa shape index (κ1) is 13.7. The summed E-state index contributed by atoms with van der Waals surface area (Å²) in [7, 11) is 3.55. The number of nitrogens with one attached hydrogen (secondary N) is 2. The SMILES string of the molecule is CNCCCNC(=O)c1ccc(COC)cc1. The Hall–Kier alpha value is -1.39. The molecule has 0 aliphatic carbocycles. The highest BCUT2D eigenvalue weighted by molar-refractivity contribution is 5.94. The minimum absolute atomic E-state index is 0.0231. The van der Waals surface area contributed by atoms with Crippen LogP contribution in [-0.2, 0) is 11.3 Å². The van der Waals surface area contributed by atoms with Gasteiger partial charge in [-0.1, -0.05) is 12.1 Å². The summed E-state index contributed by atoms with van der Waals surface area (Å²) < 4.78 is 5.01. The van der Waals surface area contributed by atoms with Crippen LogP contribution in [0.2, 0.25) is 0 Å². The second-order valence-electron chi connectivity index (χ2n) is 3.84. The van der Waals surface area contributed by atoms with Crippen LogP contribution in [0.3, 0.4) is 0 Å². The van der Waals surface area contributed by atoms with Crippen LogP contribution in [0.25, 0.3) is 0 Å². The van der Waals surface area contributed by atoms with Crippen LogP contribution in [0.15, 0.2) is 24.3 Å². The number of rotatable bonds is 7. The summed E-state index contributed by atoms with van der Waals surface area (Å²) in [4.78, 5) is 11.7. The number of ether oxygens (including phenoxy) is 1. The highest BCUT2D eigenvalue weighted by atomic mass is 16.5. The molecular weight excluding hydrogens is 216 g/mol. The lowest BCUT2D eigenvalue weighted by molar-refractivity contribution is 0.0953. The number of carbonyl (C=O) groups is 1. The van der Waals surface area contributed by atoms with E-state index in [2.05, 4.69) is 10.6 Å². The van der Waals surface area contributed by atoms with Crippen LogP contribution >= 0.6 is 0 Å². The van der Waals surface area contributed by atoms with Gasteiger partial charge in [0.2, 0.25) is 0 Å². The predicted molar refractivity (Wildman–Crippen MR) is 68.0 cm³/mol. The Morgan fingerprint density at radius 3 is 2.53 bits per heavy atom. The zero-order valence-corrected chi connectivity index (χ0v) is 10.5. The largest absolute Gasteiger partial charge is 0.380 e. The molecule has 1 aromatic carbocycles. The van der Waals surface area contributed by atoms with Crippen molar-refractivity contribution in [3.63, 3.8) is 0 Å². The molecule has 1 amide bonds. The summed E-state index contributed by atoms with van der Waals surface area (Å²) in [6, 6.07) is 7.46. The first-order chi connectivity index (χ1) is 8.27. The van der Waals surface area contributed by atoms with Crippen LogP contribution < -0.4 is 10.6 Å². The van der Waals surface area contributed by atoms with Gasteiger partial charge < -0.3 is 15.4 Å². The summed E-state index contributed by atoms with van der Waals surface area (Å²) in [5.74, 6) is -0.0231. The Morgan fingerprint density at radius 1 is 1.24 bits per heavy atom. The van der Waals surface area contributed by atoms with Gasteiger partial charge in [-0.25, -0.2) is 0 Å². The van der Waals surface area contributed by atoms with Gasteiger partial charge in [-0.05, 0) is 37.7 Å². The Labute approximate surface area is 102 Å². The third-order valence-corrected chi connectivity index (χ3v) is 2.42. The zero-order valence-electron chi connectivity index (χ0n) is 10.5. The highest BCUT2D eigenvalue weighted by Gasteiger charge is 2.03. The molecule has 17 heavy (non-hydrogen) atoms. The van der Waals surface area contributed by atoms with Crippen LogP contribution in [0.5, 0.6) is 0 Å². The lowest BCUT2D eigenvalue weighted by Crippen LogP contribution is -2.26. The zero-order chi connectivity index (χ0) is 12.5. The average Bonchev–Trinajstić information content (AvgIpc) is 2.36. The average molecular weight is 236 g/mol. The molecule has 0 spiro atoms. The van der Waals surface area contributed by atoms with Gasteiger partial charge in [-0.15, -0.1) is 0 Å². The Morgan fingerprint density at radius 2 is 1.94 bits per heavy atom. The number of benzene rings is 1. The van der Waals surface area contributed by atoms with Gasteiger partial charge in [0, 0.05) is 19.2 Å². The van der Waals surface area contributed by atoms with E-state index >= 15 is 0 Å². The molecule has 0 atom stereocenters. The quantitative estimate of drug-likeness (QED) is 0.699. The molecule has 1 aromatic rings. The van der Waals surface area contributed by atoms with E-state index in [1.165, 1.54) is 0 Å². The molecule has 2 N–H and O–H groups in total. The number of carbonyl (C=O) groups excluding carboxylic acids is 1. The first-order valence-corrected chi connectivity index (χ1v) is 5.78. The second kappa shape index (κ2) is 7.81. The van der Waals surface area contributed by atoms with Gasteiger partial charge in [0.25, 0.3) is 5.91 Å². The molecule has 4 nitrogen and oxygen atoms in total. The standard InChI is InChI=1S/C13H20N2O2/c1-14-8-3-9-15-13(16)12-6-4-11(5-7-12)10-17-2/h4-7,14H,3,8-10H2,1-2H3,(H,15,16). The van der Waals surface area contributed by atoms with Crippen LogP contribution in [0.1, 0.15) is 22.3 Å². The van der Waals surface area contributed by atoms with Crippen molar-refractivity contribution in [3.8, 4) is 0 Å². The second-order valence-corrected chi connectivity index (χ2v) is 3.84. The topological polar surface area (TPSA) is 50.4 Å². The molecule has 0 saturated carbocycles. The van der Waals surface area contributed by atoms with Gasteiger partial charge in [0.1, 0.15) is 0 Å². The molecule has 0 aliphatic heterocycles. The molecule has 0 aromatic heterocycles. The van der Waals surface area contributed by atoms with Crippen molar-refractivity contribution in [1.82, 2.24) is 10.6 Å². The summed E-state index contributed by atoms with van der Waals surface area (Å²) in [6.45, 7) is 2.18. The summed E-state index contributed by atoms with van der Waals surface area (Å²) >= 11 is 0. The Kier molecular flexibility index (Phi) is 6.29. The van der Waals surface area contributed by atoms with E-state index in [1.54, 1.807) is 7.11 Å². The van der Waals surface area contributed by atoms with Crippen LogP contribution in [-0.4, -0.2) is 33.2 Å². The minimum atomic E-state index is -0.0231. The maximum Gasteiger partial charge on any atom is 0.251 e. The van der Waals surface area contributed by atoms with Crippen LogP contribution in [0.4, 0.5) is 0 Å². The molecule has 0 radical (unpaired) electrons. The molecule has 0 heterocycles. The molecule has 1 rings (SSSR count). The molecule has 0 fully saturated rings. The fourth-order valence-corrected chi connectivity index (χ4v) is 1.49. The maximum absolute atomic E-state index is 11.7. The third kappa shape index (κ3) is 4.97. The Bertz CT molecular complexity index is 336. The van der Waals surface area contributed by atoms with Crippen molar-refractivity contribution in [2.24, 2.45) is 0 Å². The molecule has 0 saturated heterocycles. The predicted octanol–water partition coefficient (Wildman–Crippen LogP) is 1.17. The summed E-state index contributed by atoms with van der Waals surface area (Å²) in [5.41, 5.74) is 1.76. The van der Waals surface area contributed by atoms with E-state index < -0.39 is 0 Å². The molecule has 4 heteroatoms. The molecular formula is C13H20N2O2. The van der Waals surface area contributed by atoms with Crippen molar-refractivity contribution in [2.45, 2.75) is 13.0 Å². The van der Waals surface area contributed by atoms with E-state index in [0.717, 1.165) is 18.5 Å². The fourth-order valence-electron chi connectivity index (χ4n) is 1.49. The van der Waals surface area contributed by atoms with Crippen molar-refractivity contribution < 1.29 is 9.53 Å². The van der Waals surface area contributed by atoms with Gasteiger partial charge >= 0.3 is 0 Å².